The Morgan fingerprint density at radius 2 is 2.29 bits per heavy atom. The predicted molar refractivity (Wildman–Crippen MR) is 42.6 cm³/mol. The average molecular weight is 206 g/mol. The summed E-state index contributed by atoms with van der Waals surface area (Å²) in [6.07, 6.45) is -2.02. The molecule has 2 N–H and O–H groups in total. The third-order valence-electron chi connectivity index (χ3n) is 1.64. The first-order valence-corrected chi connectivity index (χ1v) is 3.82. The average Bonchev–Trinajstić information content (AvgIpc) is 2.43. The fourth-order valence-corrected chi connectivity index (χ4v) is 0.954. The van der Waals surface area contributed by atoms with E-state index >= 15 is 0 Å². The maximum Gasteiger partial charge on any atom is 0.342 e. The lowest BCUT2D eigenvalue weighted by Gasteiger charge is -1.99. The van der Waals surface area contributed by atoms with Gasteiger partial charge >= 0.3 is 5.97 Å². The molecular formula is C7H8F2N2O3. The van der Waals surface area contributed by atoms with Gasteiger partial charge in [-0.25, -0.2) is 13.6 Å². The number of carboxylic acids is 1. The Kier molecular flexibility index (Phi) is 3.00. The van der Waals surface area contributed by atoms with Gasteiger partial charge in [-0.3, -0.25) is 9.48 Å². The molecule has 7 heteroatoms. The van der Waals surface area contributed by atoms with E-state index in [0.29, 0.717) is 0 Å². The lowest BCUT2D eigenvalue weighted by molar-refractivity contribution is 0.0695. The molecule has 0 saturated carbocycles. The normalized spacial score (nSPS) is 10.8. The molecule has 0 aliphatic carbocycles. The van der Waals surface area contributed by atoms with E-state index in [9.17, 15) is 18.4 Å². The number of H-pyrrole nitrogens is 1. The predicted octanol–water partition coefficient (Wildman–Crippen LogP) is 0.530. The number of nitrogens with zero attached hydrogens (tertiary/aromatic N) is 1. The molecule has 0 unspecified atom stereocenters. The molecule has 0 aliphatic heterocycles. The van der Waals surface area contributed by atoms with Crippen LogP contribution in [0.15, 0.2) is 11.0 Å². The zero-order valence-corrected chi connectivity index (χ0v) is 7.04. The molecule has 0 radical (unpaired) electrons. The number of nitrogens with one attached hydrogen (secondary N) is 1. The number of aromatic nitrogens is 2. The first-order valence-electron chi connectivity index (χ1n) is 3.82. The van der Waals surface area contributed by atoms with Gasteiger partial charge in [-0.1, -0.05) is 0 Å². The summed E-state index contributed by atoms with van der Waals surface area (Å²) in [5.74, 6) is -1.37. The lowest BCUT2D eigenvalue weighted by Crippen LogP contribution is -2.22. The fraction of sp³-hybridized carbons (Fsp3) is 0.429. The molecule has 0 spiro atoms. The largest absolute Gasteiger partial charge is 0.477 e. The fourth-order valence-electron chi connectivity index (χ4n) is 0.954. The van der Waals surface area contributed by atoms with Crippen molar-refractivity contribution in [1.29, 1.82) is 0 Å². The Morgan fingerprint density at radius 3 is 2.71 bits per heavy atom. The van der Waals surface area contributed by atoms with E-state index in [2.05, 4.69) is 5.10 Å². The molecule has 5 nitrogen and oxygen atoms in total. The molecule has 0 saturated heterocycles. The number of rotatable bonds is 4. The standard InChI is InChI=1S/C7H8F2N2O3/c8-5(9)1-2-11-6(12)4(3-10-11)7(13)14/h3,5,10H,1-2H2,(H,13,14). The van der Waals surface area contributed by atoms with Crippen molar-refractivity contribution in [3.63, 3.8) is 0 Å². The van der Waals surface area contributed by atoms with E-state index in [4.69, 9.17) is 5.11 Å². The molecule has 0 atom stereocenters. The maximum atomic E-state index is 11.8. The van der Waals surface area contributed by atoms with E-state index in [-0.39, 0.29) is 6.54 Å². The van der Waals surface area contributed by atoms with Crippen molar-refractivity contribution in [2.75, 3.05) is 0 Å². The third kappa shape index (κ3) is 2.18. The highest BCUT2D eigenvalue weighted by molar-refractivity contribution is 5.86. The number of alkyl halides is 2. The second kappa shape index (κ2) is 4.03. The van der Waals surface area contributed by atoms with Gasteiger partial charge in [0.15, 0.2) is 0 Å². The lowest BCUT2D eigenvalue weighted by atomic mass is 10.3. The molecule has 78 valence electrons. The van der Waals surface area contributed by atoms with Gasteiger partial charge in [-0.15, -0.1) is 0 Å². The summed E-state index contributed by atoms with van der Waals surface area (Å²) < 4.78 is 24.4. The Labute approximate surface area is 76.9 Å². The van der Waals surface area contributed by atoms with Crippen molar-refractivity contribution < 1.29 is 18.7 Å². The second-order valence-electron chi connectivity index (χ2n) is 2.63. The van der Waals surface area contributed by atoms with Crippen LogP contribution in [0, 0.1) is 0 Å². The van der Waals surface area contributed by atoms with Gasteiger partial charge < -0.3 is 10.2 Å². The second-order valence-corrected chi connectivity index (χ2v) is 2.63. The maximum absolute atomic E-state index is 11.8. The highest BCUT2D eigenvalue weighted by atomic mass is 19.3. The minimum atomic E-state index is -2.52. The van der Waals surface area contributed by atoms with Crippen LogP contribution >= 0.6 is 0 Å². The highest BCUT2D eigenvalue weighted by Crippen LogP contribution is 2.00. The quantitative estimate of drug-likeness (QED) is 0.754. The number of hydrogen-bond acceptors (Lipinski definition) is 2. The zero-order valence-electron chi connectivity index (χ0n) is 7.04. The van der Waals surface area contributed by atoms with Crippen LogP contribution in [0.1, 0.15) is 16.8 Å². The van der Waals surface area contributed by atoms with Crippen molar-refractivity contribution in [2.24, 2.45) is 0 Å². The zero-order chi connectivity index (χ0) is 10.7. The molecule has 0 aromatic carbocycles. The monoisotopic (exact) mass is 206 g/mol. The van der Waals surface area contributed by atoms with Crippen LogP contribution in [0.5, 0.6) is 0 Å². The molecule has 0 bridgehead atoms. The van der Waals surface area contributed by atoms with Gasteiger partial charge in [-0.05, 0) is 0 Å². The van der Waals surface area contributed by atoms with Gasteiger partial charge in [0.2, 0.25) is 6.43 Å². The van der Waals surface area contributed by atoms with Crippen LogP contribution in [-0.4, -0.2) is 27.3 Å². The summed E-state index contributed by atoms with van der Waals surface area (Å²) in [4.78, 5) is 21.5. The Bertz CT molecular complexity index is 383. The number of halogens is 2. The first kappa shape index (κ1) is 10.4. The number of hydrogen-bond donors (Lipinski definition) is 2. The molecule has 0 aliphatic rings. The molecule has 1 aromatic heterocycles. The molecule has 0 fully saturated rings. The van der Waals surface area contributed by atoms with Gasteiger partial charge in [0.05, 0.1) is 0 Å². The Morgan fingerprint density at radius 1 is 1.64 bits per heavy atom. The number of aryl methyl sites for hydroxylation is 1. The molecule has 14 heavy (non-hydrogen) atoms. The van der Waals surface area contributed by atoms with E-state index < -0.39 is 29.9 Å². The van der Waals surface area contributed by atoms with Gasteiger partial charge in [0.25, 0.3) is 5.56 Å². The smallest absolute Gasteiger partial charge is 0.342 e. The number of aromatic carboxylic acids is 1. The summed E-state index contributed by atoms with van der Waals surface area (Å²) >= 11 is 0. The third-order valence-corrected chi connectivity index (χ3v) is 1.64. The molecule has 1 rings (SSSR count). The molecule has 1 aromatic rings. The van der Waals surface area contributed by atoms with Crippen molar-refractivity contribution in [1.82, 2.24) is 9.78 Å². The van der Waals surface area contributed by atoms with Crippen molar-refractivity contribution >= 4 is 5.97 Å². The summed E-state index contributed by atoms with van der Waals surface area (Å²) in [6, 6.07) is 0. The summed E-state index contributed by atoms with van der Waals surface area (Å²) in [7, 11) is 0. The van der Waals surface area contributed by atoms with Crippen molar-refractivity contribution in [3.05, 3.63) is 22.1 Å². The summed E-state index contributed by atoms with van der Waals surface area (Å²) in [6.45, 7) is -0.218. The molecular weight excluding hydrogens is 198 g/mol. The van der Waals surface area contributed by atoms with Crippen molar-refractivity contribution in [3.8, 4) is 0 Å². The summed E-state index contributed by atoms with van der Waals surface area (Å²) in [5, 5.41) is 10.8. The number of carboxylic acid groups (broad SMARTS) is 1. The SMILES string of the molecule is O=C(O)c1c[nH]n(CCC(F)F)c1=O. The van der Waals surface area contributed by atoms with Gasteiger partial charge in [0, 0.05) is 19.2 Å². The Hall–Kier alpha value is -1.66. The van der Waals surface area contributed by atoms with Crippen LogP contribution in [0.4, 0.5) is 8.78 Å². The van der Waals surface area contributed by atoms with Crippen LogP contribution in [-0.2, 0) is 6.54 Å². The van der Waals surface area contributed by atoms with Gasteiger partial charge in [-0.2, -0.15) is 0 Å². The van der Waals surface area contributed by atoms with E-state index in [0.717, 1.165) is 10.9 Å². The minimum Gasteiger partial charge on any atom is -0.477 e. The van der Waals surface area contributed by atoms with E-state index in [1.165, 1.54) is 0 Å². The van der Waals surface area contributed by atoms with Crippen molar-refractivity contribution in [2.45, 2.75) is 19.4 Å². The Balaban J connectivity index is 2.80. The van der Waals surface area contributed by atoms with E-state index in [1.54, 1.807) is 0 Å². The number of carbonyl (C=O) groups is 1. The molecule has 0 amide bonds. The molecule has 1 heterocycles. The van der Waals surface area contributed by atoms with Crippen LogP contribution in [0.25, 0.3) is 0 Å². The minimum absolute atomic E-state index is 0.218. The topological polar surface area (TPSA) is 75.1 Å². The van der Waals surface area contributed by atoms with Crippen LogP contribution in [0.3, 0.4) is 0 Å². The summed E-state index contributed by atoms with van der Waals surface area (Å²) in [5.41, 5.74) is -1.24. The van der Waals surface area contributed by atoms with E-state index in [1.807, 2.05) is 0 Å². The van der Waals surface area contributed by atoms with Crippen LogP contribution < -0.4 is 5.56 Å². The highest BCUT2D eigenvalue weighted by Gasteiger charge is 2.13. The van der Waals surface area contributed by atoms with Gasteiger partial charge in [0.1, 0.15) is 5.56 Å². The number of aromatic amines is 1. The first-order chi connectivity index (χ1) is 6.52. The van der Waals surface area contributed by atoms with Crippen LogP contribution in [0.2, 0.25) is 0 Å².